The number of carbonyl (C=O) groups is 1. The fraction of sp³-hybridized carbons (Fsp3) is 0.471. The first-order valence-electron chi connectivity index (χ1n) is 7.37. The van der Waals surface area contributed by atoms with Gasteiger partial charge in [0.1, 0.15) is 6.29 Å². The van der Waals surface area contributed by atoms with Crippen LogP contribution in [0.5, 0.6) is 0 Å². The molecule has 0 aliphatic rings. The summed E-state index contributed by atoms with van der Waals surface area (Å²) in [6.07, 6.45) is 1.89. The summed E-state index contributed by atoms with van der Waals surface area (Å²) in [4.78, 5) is 11.3. The summed E-state index contributed by atoms with van der Waals surface area (Å²) in [5.74, 6) is 5.34. The molecule has 1 rings (SSSR count). The Labute approximate surface area is 133 Å². The normalized spacial score (nSPS) is 12.5. The van der Waals surface area contributed by atoms with E-state index < -0.39 is 10.0 Å². The fourth-order valence-corrected chi connectivity index (χ4v) is 3.50. The molecule has 0 spiro atoms. The van der Waals surface area contributed by atoms with E-state index in [1.807, 2.05) is 13.8 Å². The summed E-state index contributed by atoms with van der Waals surface area (Å²) in [6.45, 7) is 5.99. The highest BCUT2D eigenvalue weighted by atomic mass is 32.2. The third-order valence-corrected chi connectivity index (χ3v) is 5.36. The molecule has 0 saturated heterocycles. The first-order chi connectivity index (χ1) is 10.5. The number of benzene rings is 1. The molecule has 1 atom stereocenters. The Balaban J connectivity index is 3.07. The van der Waals surface area contributed by atoms with Crippen molar-refractivity contribution in [3.8, 4) is 11.8 Å². The van der Waals surface area contributed by atoms with Gasteiger partial charge < -0.3 is 4.79 Å². The van der Waals surface area contributed by atoms with Crippen LogP contribution in [0.4, 0.5) is 0 Å². The topological polar surface area (TPSA) is 54.5 Å². The summed E-state index contributed by atoms with van der Waals surface area (Å²) in [5, 5.41) is 0. The zero-order valence-electron chi connectivity index (χ0n) is 13.4. The molecule has 1 aromatic carbocycles. The van der Waals surface area contributed by atoms with E-state index in [9.17, 15) is 13.2 Å². The standard InChI is InChI=1S/C17H23NO3S/c1-4-6-7-12-18(13-16(5-2)14-19)22(20,21)17-10-8-15(3)9-11-17/h8-11,14,16H,5,7,12-13H2,1-3H3. The second-order valence-electron chi connectivity index (χ2n) is 5.16. The van der Waals surface area contributed by atoms with Crippen LogP contribution in [0.2, 0.25) is 0 Å². The zero-order valence-corrected chi connectivity index (χ0v) is 14.2. The molecule has 0 saturated carbocycles. The highest BCUT2D eigenvalue weighted by Gasteiger charge is 2.26. The van der Waals surface area contributed by atoms with Gasteiger partial charge in [-0.15, -0.1) is 11.8 Å². The zero-order chi connectivity index (χ0) is 16.6. The van der Waals surface area contributed by atoms with Crippen molar-refractivity contribution in [1.82, 2.24) is 4.31 Å². The minimum Gasteiger partial charge on any atom is -0.303 e. The molecular weight excluding hydrogens is 298 g/mol. The average molecular weight is 321 g/mol. The van der Waals surface area contributed by atoms with Gasteiger partial charge in [0.05, 0.1) is 4.90 Å². The number of aldehydes is 1. The minimum atomic E-state index is -3.61. The Bertz CT molecular complexity index is 639. The third-order valence-electron chi connectivity index (χ3n) is 3.48. The Morgan fingerprint density at radius 3 is 2.41 bits per heavy atom. The third kappa shape index (κ3) is 4.97. The fourth-order valence-electron chi connectivity index (χ4n) is 2.00. The summed E-state index contributed by atoms with van der Waals surface area (Å²) < 4.78 is 26.9. The van der Waals surface area contributed by atoms with Crippen molar-refractivity contribution >= 4 is 16.3 Å². The van der Waals surface area contributed by atoms with Crippen molar-refractivity contribution in [3.63, 3.8) is 0 Å². The van der Waals surface area contributed by atoms with Crippen LogP contribution in [-0.4, -0.2) is 32.1 Å². The second kappa shape index (κ2) is 8.72. The largest absolute Gasteiger partial charge is 0.303 e. The molecule has 0 aromatic heterocycles. The van der Waals surface area contributed by atoms with Crippen LogP contribution in [0.3, 0.4) is 0 Å². The second-order valence-corrected chi connectivity index (χ2v) is 7.10. The quantitative estimate of drug-likeness (QED) is 0.546. The molecule has 4 nitrogen and oxygen atoms in total. The van der Waals surface area contributed by atoms with Gasteiger partial charge in [-0.05, 0) is 32.4 Å². The molecule has 0 fully saturated rings. The highest BCUT2D eigenvalue weighted by molar-refractivity contribution is 7.89. The van der Waals surface area contributed by atoms with Crippen LogP contribution >= 0.6 is 0 Å². The first kappa shape index (κ1) is 18.4. The van der Waals surface area contributed by atoms with Crippen LogP contribution < -0.4 is 0 Å². The average Bonchev–Trinajstić information content (AvgIpc) is 2.51. The van der Waals surface area contributed by atoms with E-state index in [-0.39, 0.29) is 17.4 Å². The highest BCUT2D eigenvalue weighted by Crippen LogP contribution is 2.18. The number of aryl methyl sites for hydroxylation is 1. The van der Waals surface area contributed by atoms with Gasteiger partial charge in [-0.25, -0.2) is 8.42 Å². The lowest BCUT2D eigenvalue weighted by Gasteiger charge is -2.23. The van der Waals surface area contributed by atoms with Crippen molar-refractivity contribution in [2.75, 3.05) is 13.1 Å². The molecule has 1 aromatic rings. The monoisotopic (exact) mass is 321 g/mol. The van der Waals surface area contributed by atoms with Crippen molar-refractivity contribution in [2.45, 2.75) is 38.5 Å². The molecule has 120 valence electrons. The summed E-state index contributed by atoms with van der Waals surface area (Å²) >= 11 is 0. The van der Waals surface area contributed by atoms with Gasteiger partial charge in [-0.1, -0.05) is 24.6 Å². The van der Waals surface area contributed by atoms with Crippen LogP contribution in [-0.2, 0) is 14.8 Å². The number of hydrogen-bond donors (Lipinski definition) is 0. The van der Waals surface area contributed by atoms with E-state index in [1.54, 1.807) is 31.2 Å². The van der Waals surface area contributed by atoms with Gasteiger partial charge in [0.15, 0.2) is 0 Å². The van der Waals surface area contributed by atoms with Crippen molar-refractivity contribution in [1.29, 1.82) is 0 Å². The van der Waals surface area contributed by atoms with Crippen molar-refractivity contribution in [3.05, 3.63) is 29.8 Å². The molecule has 0 heterocycles. The predicted octanol–water partition coefficient (Wildman–Crippen LogP) is 2.62. The molecule has 0 amide bonds. The maximum absolute atomic E-state index is 12.8. The number of nitrogens with zero attached hydrogens (tertiary/aromatic N) is 1. The van der Waals surface area contributed by atoms with E-state index in [2.05, 4.69) is 11.8 Å². The van der Waals surface area contributed by atoms with Gasteiger partial charge >= 0.3 is 0 Å². The first-order valence-corrected chi connectivity index (χ1v) is 8.81. The van der Waals surface area contributed by atoms with E-state index in [4.69, 9.17) is 0 Å². The molecular formula is C17H23NO3S. The molecule has 5 heteroatoms. The van der Waals surface area contributed by atoms with E-state index in [0.717, 1.165) is 11.8 Å². The van der Waals surface area contributed by atoms with E-state index >= 15 is 0 Å². The predicted molar refractivity (Wildman–Crippen MR) is 87.8 cm³/mol. The van der Waals surface area contributed by atoms with Crippen LogP contribution in [0.25, 0.3) is 0 Å². The van der Waals surface area contributed by atoms with Gasteiger partial charge in [0, 0.05) is 25.4 Å². The molecule has 0 N–H and O–H groups in total. The maximum atomic E-state index is 12.8. The molecule has 0 bridgehead atoms. The maximum Gasteiger partial charge on any atom is 0.243 e. The van der Waals surface area contributed by atoms with Crippen LogP contribution in [0, 0.1) is 24.7 Å². The lowest BCUT2D eigenvalue weighted by Crippen LogP contribution is -2.36. The van der Waals surface area contributed by atoms with Gasteiger partial charge in [0.2, 0.25) is 10.0 Å². The number of hydrogen-bond acceptors (Lipinski definition) is 3. The molecule has 1 unspecified atom stereocenters. The number of sulfonamides is 1. The summed E-state index contributed by atoms with van der Waals surface area (Å²) in [6, 6.07) is 6.75. The van der Waals surface area contributed by atoms with Crippen molar-refractivity contribution in [2.24, 2.45) is 5.92 Å². The minimum absolute atomic E-state index is 0.196. The van der Waals surface area contributed by atoms with Gasteiger partial charge in [0.25, 0.3) is 0 Å². The lowest BCUT2D eigenvalue weighted by molar-refractivity contribution is -0.111. The smallest absolute Gasteiger partial charge is 0.243 e. The van der Waals surface area contributed by atoms with E-state index in [1.165, 1.54) is 4.31 Å². The Kier molecular flexibility index (Phi) is 7.30. The van der Waals surface area contributed by atoms with Gasteiger partial charge in [-0.2, -0.15) is 4.31 Å². The molecule has 0 radical (unpaired) electrons. The molecule has 0 aliphatic carbocycles. The summed E-state index contributed by atoms with van der Waals surface area (Å²) in [5.41, 5.74) is 1.00. The van der Waals surface area contributed by atoms with Crippen molar-refractivity contribution < 1.29 is 13.2 Å². The number of rotatable bonds is 8. The number of carbonyl (C=O) groups excluding carboxylic acids is 1. The van der Waals surface area contributed by atoms with Crippen LogP contribution in [0.1, 0.15) is 32.3 Å². The van der Waals surface area contributed by atoms with E-state index in [0.29, 0.717) is 19.4 Å². The lowest BCUT2D eigenvalue weighted by atomic mass is 10.1. The Hall–Kier alpha value is -1.64. The molecule has 22 heavy (non-hydrogen) atoms. The Morgan fingerprint density at radius 2 is 1.91 bits per heavy atom. The Morgan fingerprint density at radius 1 is 1.27 bits per heavy atom. The molecule has 0 aliphatic heterocycles. The van der Waals surface area contributed by atoms with Gasteiger partial charge in [-0.3, -0.25) is 0 Å². The van der Waals surface area contributed by atoms with Crippen LogP contribution in [0.15, 0.2) is 29.2 Å². The SMILES string of the molecule is CC#CCCN(CC(C=O)CC)S(=O)(=O)c1ccc(C)cc1. The summed E-state index contributed by atoms with van der Waals surface area (Å²) in [7, 11) is -3.61.